The highest BCUT2D eigenvalue weighted by atomic mass is 15.3. The van der Waals surface area contributed by atoms with Crippen LogP contribution < -0.4 is 0 Å². The summed E-state index contributed by atoms with van der Waals surface area (Å²) in [5.41, 5.74) is 8.94. The molecule has 0 amide bonds. The lowest BCUT2D eigenvalue weighted by molar-refractivity contribution is 0.866. The molecule has 0 unspecified atom stereocenters. The first kappa shape index (κ1) is 12.8. The van der Waals surface area contributed by atoms with Crippen molar-refractivity contribution < 1.29 is 0 Å². The van der Waals surface area contributed by atoms with Gasteiger partial charge in [0.15, 0.2) is 11.3 Å². The third-order valence-corrected chi connectivity index (χ3v) is 4.74. The van der Waals surface area contributed by atoms with Crippen molar-refractivity contribution in [2.45, 2.75) is 26.7 Å². The Hall–Kier alpha value is -2.75. The molecule has 23 heavy (non-hydrogen) atoms. The van der Waals surface area contributed by atoms with Crippen LogP contribution in [0.1, 0.15) is 22.4 Å². The molecule has 0 N–H and O–H groups in total. The van der Waals surface area contributed by atoms with E-state index in [1.807, 2.05) is 17.6 Å². The minimum atomic E-state index is 0.784. The fourth-order valence-electron chi connectivity index (χ4n) is 3.73. The number of fused-ring (bicyclic) bond motifs is 7. The predicted molar refractivity (Wildman–Crippen MR) is 90.6 cm³/mol. The first-order valence-corrected chi connectivity index (χ1v) is 7.95. The number of benzene rings is 1. The molecule has 0 radical (unpaired) electrons. The summed E-state index contributed by atoms with van der Waals surface area (Å²) in [6.07, 6.45) is 4.09. The lowest BCUT2D eigenvalue weighted by atomic mass is 9.90. The van der Waals surface area contributed by atoms with Crippen LogP contribution in [0.3, 0.4) is 0 Å². The Morgan fingerprint density at radius 3 is 2.78 bits per heavy atom. The quantitative estimate of drug-likeness (QED) is 0.498. The Morgan fingerprint density at radius 1 is 1.04 bits per heavy atom. The van der Waals surface area contributed by atoms with E-state index in [4.69, 9.17) is 10.1 Å². The monoisotopic (exact) mass is 300 g/mol. The topological polar surface area (TPSA) is 43.1 Å². The Kier molecular flexibility index (Phi) is 2.43. The molecule has 0 saturated carbocycles. The summed E-state index contributed by atoms with van der Waals surface area (Å²) in [7, 11) is 0. The number of aromatic nitrogens is 4. The molecule has 1 aliphatic carbocycles. The van der Waals surface area contributed by atoms with Crippen molar-refractivity contribution in [1.82, 2.24) is 19.6 Å². The number of nitrogens with zero attached hydrogens (tertiary/aromatic N) is 4. The average Bonchev–Trinajstić information content (AvgIpc) is 2.92. The molecule has 1 aromatic carbocycles. The van der Waals surface area contributed by atoms with Crippen LogP contribution in [0.4, 0.5) is 0 Å². The smallest absolute Gasteiger partial charge is 0.184 e. The van der Waals surface area contributed by atoms with Crippen LogP contribution >= 0.6 is 0 Å². The molecular weight excluding hydrogens is 284 g/mol. The van der Waals surface area contributed by atoms with Crippen LogP contribution in [0.2, 0.25) is 0 Å². The van der Waals surface area contributed by atoms with Gasteiger partial charge >= 0.3 is 0 Å². The SMILES string of the molecule is Cc1cc(C)c2c(n1)nn1c3c(cnc21)CCc1ccccc1-3. The summed E-state index contributed by atoms with van der Waals surface area (Å²) in [6, 6.07) is 10.7. The molecule has 4 heteroatoms. The lowest BCUT2D eigenvalue weighted by Gasteiger charge is -2.19. The first-order chi connectivity index (χ1) is 11.2. The van der Waals surface area contributed by atoms with Crippen molar-refractivity contribution in [1.29, 1.82) is 0 Å². The molecule has 3 aromatic heterocycles. The van der Waals surface area contributed by atoms with E-state index in [0.717, 1.165) is 35.2 Å². The lowest BCUT2D eigenvalue weighted by Crippen LogP contribution is -2.09. The molecule has 0 aliphatic heterocycles. The summed E-state index contributed by atoms with van der Waals surface area (Å²) >= 11 is 0. The highest BCUT2D eigenvalue weighted by Gasteiger charge is 2.22. The van der Waals surface area contributed by atoms with E-state index in [2.05, 4.69) is 42.2 Å². The zero-order valence-corrected chi connectivity index (χ0v) is 13.2. The second kappa shape index (κ2) is 4.38. The van der Waals surface area contributed by atoms with Crippen LogP contribution in [-0.4, -0.2) is 19.6 Å². The van der Waals surface area contributed by atoms with Gasteiger partial charge < -0.3 is 0 Å². The highest BCUT2D eigenvalue weighted by molar-refractivity contribution is 5.94. The zero-order chi connectivity index (χ0) is 15.6. The Balaban J connectivity index is 1.97. The van der Waals surface area contributed by atoms with Gasteiger partial charge in [-0.3, -0.25) is 0 Å². The molecule has 4 aromatic rings. The Labute approximate surface area is 133 Å². The fourth-order valence-corrected chi connectivity index (χ4v) is 3.73. The molecule has 0 saturated heterocycles. The van der Waals surface area contributed by atoms with Gasteiger partial charge in [-0.15, -0.1) is 5.10 Å². The van der Waals surface area contributed by atoms with Crippen molar-refractivity contribution in [2.75, 3.05) is 0 Å². The standard InChI is InChI=1S/C19H16N4/c1-11-9-12(2)21-18-16(11)19-20-10-14-8-7-13-5-3-4-6-15(13)17(14)23(19)22-18/h3-6,9-10H,7-8H2,1-2H3. The van der Waals surface area contributed by atoms with Crippen molar-refractivity contribution in [3.8, 4) is 11.3 Å². The van der Waals surface area contributed by atoms with Crippen LogP contribution in [0.5, 0.6) is 0 Å². The van der Waals surface area contributed by atoms with E-state index in [-0.39, 0.29) is 0 Å². The molecule has 3 heterocycles. The molecule has 1 aliphatic rings. The number of hydrogen-bond acceptors (Lipinski definition) is 3. The summed E-state index contributed by atoms with van der Waals surface area (Å²) in [6.45, 7) is 4.11. The third-order valence-electron chi connectivity index (χ3n) is 4.74. The van der Waals surface area contributed by atoms with E-state index in [1.165, 1.54) is 27.9 Å². The van der Waals surface area contributed by atoms with Gasteiger partial charge in [0.2, 0.25) is 0 Å². The third kappa shape index (κ3) is 1.69. The zero-order valence-electron chi connectivity index (χ0n) is 13.2. The van der Waals surface area contributed by atoms with E-state index < -0.39 is 0 Å². The summed E-state index contributed by atoms with van der Waals surface area (Å²) in [5.74, 6) is 0. The van der Waals surface area contributed by atoms with Crippen molar-refractivity contribution in [2.24, 2.45) is 0 Å². The van der Waals surface area contributed by atoms with Crippen molar-refractivity contribution in [3.05, 3.63) is 58.9 Å². The average molecular weight is 300 g/mol. The minimum Gasteiger partial charge on any atom is -0.236 e. The van der Waals surface area contributed by atoms with Gasteiger partial charge in [-0.2, -0.15) is 0 Å². The fraction of sp³-hybridized carbons (Fsp3) is 0.211. The summed E-state index contributed by atoms with van der Waals surface area (Å²) in [5, 5.41) is 5.85. The predicted octanol–water partition coefficient (Wildman–Crippen LogP) is 3.66. The van der Waals surface area contributed by atoms with Crippen LogP contribution in [0.15, 0.2) is 36.5 Å². The largest absolute Gasteiger partial charge is 0.236 e. The second-order valence-electron chi connectivity index (χ2n) is 6.30. The first-order valence-electron chi connectivity index (χ1n) is 7.95. The number of hydrogen-bond donors (Lipinski definition) is 0. The van der Waals surface area contributed by atoms with E-state index in [9.17, 15) is 0 Å². The number of rotatable bonds is 0. The maximum absolute atomic E-state index is 4.79. The Morgan fingerprint density at radius 2 is 1.87 bits per heavy atom. The van der Waals surface area contributed by atoms with Gasteiger partial charge in [-0.1, -0.05) is 24.3 Å². The number of pyridine rings is 1. The van der Waals surface area contributed by atoms with E-state index in [1.54, 1.807) is 0 Å². The van der Waals surface area contributed by atoms with Crippen LogP contribution in [-0.2, 0) is 12.8 Å². The van der Waals surface area contributed by atoms with Crippen molar-refractivity contribution in [3.63, 3.8) is 0 Å². The normalized spacial score (nSPS) is 13.3. The summed E-state index contributed by atoms with van der Waals surface area (Å²) in [4.78, 5) is 9.31. The minimum absolute atomic E-state index is 0.784. The van der Waals surface area contributed by atoms with E-state index >= 15 is 0 Å². The van der Waals surface area contributed by atoms with Crippen LogP contribution in [0.25, 0.3) is 27.9 Å². The van der Waals surface area contributed by atoms with Gasteiger partial charge in [-0.05, 0) is 49.4 Å². The van der Waals surface area contributed by atoms with Gasteiger partial charge in [0.05, 0.1) is 11.1 Å². The van der Waals surface area contributed by atoms with Gasteiger partial charge in [0.25, 0.3) is 0 Å². The maximum Gasteiger partial charge on any atom is 0.184 e. The van der Waals surface area contributed by atoms with Crippen LogP contribution in [0, 0.1) is 13.8 Å². The van der Waals surface area contributed by atoms with Gasteiger partial charge in [0.1, 0.15) is 0 Å². The van der Waals surface area contributed by atoms with Crippen molar-refractivity contribution >= 4 is 16.7 Å². The molecule has 0 bridgehead atoms. The highest BCUT2D eigenvalue weighted by Crippen LogP contribution is 2.34. The maximum atomic E-state index is 4.79. The summed E-state index contributed by atoms with van der Waals surface area (Å²) < 4.78 is 2.00. The molecule has 0 fully saturated rings. The molecule has 112 valence electrons. The Bertz CT molecular complexity index is 1090. The molecule has 5 rings (SSSR count). The van der Waals surface area contributed by atoms with Gasteiger partial charge in [0, 0.05) is 17.5 Å². The number of aryl methyl sites for hydroxylation is 4. The molecule has 0 spiro atoms. The van der Waals surface area contributed by atoms with Gasteiger partial charge in [-0.25, -0.2) is 14.5 Å². The second-order valence-corrected chi connectivity index (χ2v) is 6.30. The molecule has 0 atom stereocenters. The molecular formula is C19H16N4. The molecule has 4 nitrogen and oxygen atoms in total. The van der Waals surface area contributed by atoms with E-state index in [0.29, 0.717) is 0 Å².